The van der Waals surface area contributed by atoms with Crippen LogP contribution in [0.2, 0.25) is 0 Å². The van der Waals surface area contributed by atoms with Gasteiger partial charge >= 0.3 is 0 Å². The predicted molar refractivity (Wildman–Crippen MR) is 135 cm³/mol. The Hall–Kier alpha value is -3.42. The lowest BCUT2D eigenvalue weighted by molar-refractivity contribution is 0.481. The summed E-state index contributed by atoms with van der Waals surface area (Å²) >= 11 is 0. The number of aryl methyl sites for hydroxylation is 1. The van der Waals surface area contributed by atoms with Gasteiger partial charge in [0.25, 0.3) is 0 Å². The molecule has 0 amide bonds. The maximum absolute atomic E-state index is 13.0. The van der Waals surface area contributed by atoms with Crippen LogP contribution in [0.25, 0.3) is 11.1 Å². The van der Waals surface area contributed by atoms with E-state index in [1.54, 1.807) is 48.5 Å². The van der Waals surface area contributed by atoms with E-state index in [-0.39, 0.29) is 22.1 Å². The van der Waals surface area contributed by atoms with Gasteiger partial charge < -0.3 is 4.74 Å². The van der Waals surface area contributed by atoms with E-state index in [1.165, 1.54) is 24.3 Å². The minimum atomic E-state index is -3.68. The molecular formula is C27H26O5S2. The molecule has 0 aliphatic carbocycles. The number of rotatable bonds is 6. The normalized spacial score (nSPS) is 11.5. The lowest BCUT2D eigenvalue weighted by Gasteiger charge is -2.09. The highest BCUT2D eigenvalue weighted by Gasteiger charge is 2.18. The summed E-state index contributed by atoms with van der Waals surface area (Å²) in [5, 5.41) is 0. The fraction of sp³-hybridized carbons (Fsp3) is 0.111. The highest BCUT2D eigenvalue weighted by Crippen LogP contribution is 2.28. The third kappa shape index (κ3) is 5.55. The van der Waals surface area contributed by atoms with Crippen LogP contribution < -0.4 is 4.74 Å². The SMILES string of the molecule is C.Cc1ccc(-c2ccc(S(=O)(=O)c3ccc(Oc4ccc(S(C)(=O)=O)cc4)cc3)cc2)cc1. The van der Waals surface area contributed by atoms with Crippen LogP contribution >= 0.6 is 0 Å². The van der Waals surface area contributed by atoms with Crippen LogP contribution in [0.15, 0.2) is 112 Å². The van der Waals surface area contributed by atoms with Gasteiger partial charge in [-0.1, -0.05) is 49.4 Å². The van der Waals surface area contributed by atoms with Gasteiger partial charge in [0.2, 0.25) is 9.84 Å². The van der Waals surface area contributed by atoms with Gasteiger partial charge in [-0.2, -0.15) is 0 Å². The van der Waals surface area contributed by atoms with Gasteiger partial charge in [0.05, 0.1) is 14.7 Å². The molecule has 0 aliphatic rings. The topological polar surface area (TPSA) is 77.5 Å². The molecule has 0 spiro atoms. The standard InChI is InChI=1S/C26H22O5S2.CH4/c1-19-3-5-20(6-4-19)21-7-13-25(14-8-21)33(29,30)26-17-11-23(12-18-26)31-22-9-15-24(16-10-22)32(2,27)28;/h3-18H,1-2H3;1H4. The van der Waals surface area contributed by atoms with Crippen LogP contribution in [-0.2, 0) is 19.7 Å². The Morgan fingerprint density at radius 1 is 0.529 bits per heavy atom. The van der Waals surface area contributed by atoms with Gasteiger partial charge in [-0.25, -0.2) is 16.8 Å². The van der Waals surface area contributed by atoms with Crippen molar-refractivity contribution >= 4 is 19.7 Å². The lowest BCUT2D eigenvalue weighted by Crippen LogP contribution is -2.01. The second kappa shape index (κ2) is 9.83. The van der Waals surface area contributed by atoms with Crippen molar-refractivity contribution in [2.24, 2.45) is 0 Å². The molecule has 0 atom stereocenters. The monoisotopic (exact) mass is 494 g/mol. The maximum atomic E-state index is 13.0. The fourth-order valence-corrected chi connectivity index (χ4v) is 5.18. The van der Waals surface area contributed by atoms with E-state index in [2.05, 4.69) is 0 Å². The summed E-state index contributed by atoms with van der Waals surface area (Å²) in [5.41, 5.74) is 3.13. The molecule has 5 nitrogen and oxygen atoms in total. The van der Waals surface area contributed by atoms with Gasteiger partial charge in [0, 0.05) is 6.26 Å². The molecule has 4 rings (SSSR count). The highest BCUT2D eigenvalue weighted by atomic mass is 32.2. The lowest BCUT2D eigenvalue weighted by atomic mass is 10.0. The second-order valence-electron chi connectivity index (χ2n) is 7.71. The third-order valence-electron chi connectivity index (χ3n) is 5.17. The van der Waals surface area contributed by atoms with E-state index in [1.807, 2.05) is 31.2 Å². The Morgan fingerprint density at radius 3 is 1.29 bits per heavy atom. The largest absolute Gasteiger partial charge is 0.457 e. The minimum absolute atomic E-state index is 0. The van der Waals surface area contributed by atoms with Gasteiger partial charge in [-0.3, -0.25) is 0 Å². The van der Waals surface area contributed by atoms with E-state index < -0.39 is 19.7 Å². The summed E-state index contributed by atoms with van der Waals surface area (Å²) < 4.78 is 54.9. The zero-order valence-electron chi connectivity index (χ0n) is 18.1. The molecule has 0 saturated carbocycles. The molecule has 4 aromatic carbocycles. The van der Waals surface area contributed by atoms with Crippen molar-refractivity contribution in [3.05, 3.63) is 103 Å². The summed E-state index contributed by atoms with van der Waals surface area (Å²) in [4.78, 5) is 0.568. The molecule has 0 heterocycles. The first-order chi connectivity index (χ1) is 15.6. The summed E-state index contributed by atoms with van der Waals surface area (Å²) in [6, 6.07) is 27.0. The predicted octanol–water partition coefficient (Wildman–Crippen LogP) is 6.33. The van der Waals surface area contributed by atoms with E-state index >= 15 is 0 Å². The number of hydrogen-bond acceptors (Lipinski definition) is 5. The molecule has 0 aliphatic heterocycles. The molecule has 176 valence electrons. The average molecular weight is 495 g/mol. The quantitative estimate of drug-likeness (QED) is 0.313. The van der Waals surface area contributed by atoms with Crippen LogP contribution in [0.5, 0.6) is 11.5 Å². The Kier molecular flexibility index (Phi) is 7.29. The van der Waals surface area contributed by atoms with Crippen molar-refractivity contribution in [3.63, 3.8) is 0 Å². The summed E-state index contributed by atoms with van der Waals surface area (Å²) in [6.07, 6.45) is 1.14. The third-order valence-corrected chi connectivity index (χ3v) is 8.09. The molecule has 0 saturated heterocycles. The van der Waals surface area contributed by atoms with Crippen molar-refractivity contribution in [3.8, 4) is 22.6 Å². The molecule has 0 radical (unpaired) electrons. The maximum Gasteiger partial charge on any atom is 0.206 e. The first kappa shape index (κ1) is 25.2. The van der Waals surface area contributed by atoms with Crippen LogP contribution in [0.1, 0.15) is 13.0 Å². The van der Waals surface area contributed by atoms with Crippen molar-refractivity contribution in [1.29, 1.82) is 0 Å². The molecule has 0 bridgehead atoms. The molecule has 7 heteroatoms. The van der Waals surface area contributed by atoms with Gasteiger partial charge in [-0.05, 0) is 78.7 Å². The van der Waals surface area contributed by atoms with E-state index in [0.29, 0.717) is 11.5 Å². The average Bonchev–Trinajstić information content (AvgIpc) is 2.80. The van der Waals surface area contributed by atoms with E-state index in [4.69, 9.17) is 4.74 Å². The zero-order valence-corrected chi connectivity index (χ0v) is 19.7. The molecule has 0 N–H and O–H groups in total. The number of ether oxygens (including phenoxy) is 1. The molecule has 4 aromatic rings. The molecule has 34 heavy (non-hydrogen) atoms. The molecule has 0 unspecified atom stereocenters. The minimum Gasteiger partial charge on any atom is -0.457 e. The van der Waals surface area contributed by atoms with Crippen molar-refractivity contribution in [1.82, 2.24) is 0 Å². The van der Waals surface area contributed by atoms with E-state index in [9.17, 15) is 16.8 Å². The fourth-order valence-electron chi connectivity index (χ4n) is 3.29. The first-order valence-electron chi connectivity index (χ1n) is 10.1. The second-order valence-corrected chi connectivity index (χ2v) is 11.7. The summed E-state index contributed by atoms with van der Waals surface area (Å²) in [6.45, 7) is 2.02. The van der Waals surface area contributed by atoms with Gasteiger partial charge in [0.1, 0.15) is 11.5 Å². The Balaban J connectivity index is 0.00000324. The number of hydrogen-bond donors (Lipinski definition) is 0. The number of benzene rings is 4. The van der Waals surface area contributed by atoms with Crippen LogP contribution in [0.4, 0.5) is 0 Å². The van der Waals surface area contributed by atoms with Crippen LogP contribution in [-0.4, -0.2) is 23.1 Å². The smallest absolute Gasteiger partial charge is 0.206 e. The molecular weight excluding hydrogens is 468 g/mol. The van der Waals surface area contributed by atoms with Crippen molar-refractivity contribution in [2.75, 3.05) is 6.26 Å². The number of sulfone groups is 2. The Bertz CT molecular complexity index is 1470. The van der Waals surface area contributed by atoms with Crippen LogP contribution in [0, 0.1) is 6.92 Å². The van der Waals surface area contributed by atoms with Gasteiger partial charge in [-0.15, -0.1) is 0 Å². The first-order valence-corrected chi connectivity index (χ1v) is 13.5. The summed E-state index contributed by atoms with van der Waals surface area (Å²) in [5.74, 6) is 0.889. The van der Waals surface area contributed by atoms with Crippen molar-refractivity contribution < 1.29 is 21.6 Å². The Labute approximate surface area is 201 Å². The Morgan fingerprint density at radius 2 is 0.882 bits per heavy atom. The summed E-state index contributed by atoms with van der Waals surface area (Å²) in [7, 11) is -6.96. The van der Waals surface area contributed by atoms with Crippen molar-refractivity contribution in [2.45, 2.75) is 29.0 Å². The van der Waals surface area contributed by atoms with Crippen LogP contribution in [0.3, 0.4) is 0 Å². The van der Waals surface area contributed by atoms with E-state index in [0.717, 1.165) is 22.9 Å². The van der Waals surface area contributed by atoms with Gasteiger partial charge in [0.15, 0.2) is 9.84 Å². The zero-order chi connectivity index (χ0) is 23.6. The highest BCUT2D eigenvalue weighted by molar-refractivity contribution is 7.91. The molecule has 0 aromatic heterocycles. The molecule has 0 fully saturated rings.